The normalized spacial score (nSPS) is 11.8. The zero-order valence-corrected chi connectivity index (χ0v) is 27.9. The van der Waals surface area contributed by atoms with Gasteiger partial charge in [0.15, 0.2) is 12.2 Å². The Labute approximate surface area is 295 Å². The zero-order valence-electron chi connectivity index (χ0n) is 26.3. The molecule has 0 aliphatic heterocycles. The summed E-state index contributed by atoms with van der Waals surface area (Å²) in [4.78, 5) is 23.7. The number of thiophene rings is 2. The Hall–Kier alpha value is -5.18. The van der Waals surface area contributed by atoms with Gasteiger partial charge in [-0.25, -0.2) is 9.59 Å². The smallest absolute Gasteiger partial charge is 0.344 e. The second-order valence-corrected chi connectivity index (χ2v) is 13.0. The summed E-state index contributed by atoms with van der Waals surface area (Å²) in [5.41, 5.74) is 3.38. The van der Waals surface area contributed by atoms with Crippen LogP contribution in [0, 0.1) is 0 Å². The van der Waals surface area contributed by atoms with E-state index in [0.29, 0.717) is 37.2 Å². The first kappa shape index (κ1) is 36.7. The molecule has 0 saturated heterocycles. The standard InChI is InChI=1S/2C20H18O3S.CH4/c1-2-3-7-18(20(21)22)23-15-11-9-14(10-12-15)17-13-24-19-8-5-4-6-16(17)19;1-2-3-7-17(20(21)22)23-16-11-9-14(10-12-16)19-13-15-6-4-5-8-18(15)24-19;/h2,4-6,8-13,18H,1,3,7H2,(H,21,22);2,4-6,8-13,17H,1,3,7H2,(H,21,22);1H4. The Morgan fingerprint density at radius 1 is 0.694 bits per heavy atom. The highest BCUT2D eigenvalue weighted by Gasteiger charge is 2.19. The van der Waals surface area contributed by atoms with Crippen LogP contribution in [0.25, 0.3) is 41.7 Å². The van der Waals surface area contributed by atoms with E-state index in [2.05, 4.69) is 48.9 Å². The molecule has 2 N–H and O–H groups in total. The van der Waals surface area contributed by atoms with Crippen LogP contribution in [0.2, 0.25) is 0 Å². The number of carboxylic acid groups (broad SMARTS) is 2. The Bertz CT molecular complexity index is 1950. The monoisotopic (exact) mass is 692 g/mol. The summed E-state index contributed by atoms with van der Waals surface area (Å²) >= 11 is 3.46. The van der Waals surface area contributed by atoms with E-state index < -0.39 is 24.1 Å². The minimum atomic E-state index is -0.954. The lowest BCUT2D eigenvalue weighted by Crippen LogP contribution is -2.26. The van der Waals surface area contributed by atoms with Crippen LogP contribution in [0.4, 0.5) is 0 Å². The van der Waals surface area contributed by atoms with Crippen molar-refractivity contribution < 1.29 is 29.3 Å². The van der Waals surface area contributed by atoms with Gasteiger partial charge in [-0.1, -0.05) is 68.1 Å². The van der Waals surface area contributed by atoms with Crippen molar-refractivity contribution in [1.82, 2.24) is 0 Å². The van der Waals surface area contributed by atoms with Gasteiger partial charge in [-0.3, -0.25) is 0 Å². The minimum Gasteiger partial charge on any atom is -0.479 e. The van der Waals surface area contributed by atoms with Gasteiger partial charge in [0.05, 0.1) is 0 Å². The van der Waals surface area contributed by atoms with E-state index in [-0.39, 0.29) is 7.43 Å². The molecule has 252 valence electrons. The summed E-state index contributed by atoms with van der Waals surface area (Å²) in [5.74, 6) is -0.777. The Morgan fingerprint density at radius 3 is 1.73 bits per heavy atom. The summed E-state index contributed by atoms with van der Waals surface area (Å²) in [5, 5.41) is 23.0. The maximum atomic E-state index is 11.3. The van der Waals surface area contributed by atoms with Gasteiger partial charge in [-0.05, 0) is 102 Å². The van der Waals surface area contributed by atoms with Gasteiger partial charge < -0.3 is 19.7 Å². The van der Waals surface area contributed by atoms with Crippen molar-refractivity contribution in [3.05, 3.63) is 134 Å². The molecule has 0 bridgehead atoms. The van der Waals surface area contributed by atoms with Crippen molar-refractivity contribution in [1.29, 1.82) is 0 Å². The van der Waals surface area contributed by atoms with Gasteiger partial charge in [-0.15, -0.1) is 35.8 Å². The SMILES string of the molecule is C.C=CCCC(Oc1ccc(-c2cc3ccccc3s2)cc1)C(=O)O.C=CCCC(Oc1ccc(-c2csc3ccccc23)cc1)C(=O)O. The lowest BCUT2D eigenvalue weighted by molar-refractivity contribution is -0.146. The summed E-state index contributed by atoms with van der Waals surface area (Å²) in [6.45, 7) is 7.23. The van der Waals surface area contributed by atoms with Crippen molar-refractivity contribution in [3.63, 3.8) is 0 Å². The largest absolute Gasteiger partial charge is 0.479 e. The molecule has 6 rings (SSSR count). The highest BCUT2D eigenvalue weighted by molar-refractivity contribution is 7.22. The van der Waals surface area contributed by atoms with Crippen LogP contribution in [0.3, 0.4) is 0 Å². The molecular formula is C41H40O6S2. The van der Waals surface area contributed by atoms with E-state index in [1.165, 1.54) is 30.6 Å². The fourth-order valence-corrected chi connectivity index (χ4v) is 7.11. The predicted octanol–water partition coefficient (Wildman–Crippen LogP) is 11.4. The lowest BCUT2D eigenvalue weighted by Gasteiger charge is -2.14. The van der Waals surface area contributed by atoms with Gasteiger partial charge in [0.1, 0.15) is 11.5 Å². The Morgan fingerprint density at radius 2 is 1.20 bits per heavy atom. The lowest BCUT2D eigenvalue weighted by atomic mass is 10.0. The second-order valence-electron chi connectivity index (χ2n) is 11.0. The van der Waals surface area contributed by atoms with E-state index in [1.807, 2.05) is 72.8 Å². The number of aliphatic carboxylic acids is 2. The summed E-state index contributed by atoms with van der Waals surface area (Å²) in [6, 6.07) is 33.9. The molecule has 0 amide bonds. The van der Waals surface area contributed by atoms with Crippen LogP contribution >= 0.6 is 22.7 Å². The molecule has 2 unspecified atom stereocenters. The molecule has 0 spiro atoms. The van der Waals surface area contributed by atoms with Crippen LogP contribution in [-0.4, -0.2) is 34.4 Å². The molecule has 2 atom stereocenters. The van der Waals surface area contributed by atoms with Gasteiger partial charge in [0.2, 0.25) is 0 Å². The van der Waals surface area contributed by atoms with Crippen molar-refractivity contribution in [2.45, 2.75) is 45.3 Å². The number of hydrogen-bond donors (Lipinski definition) is 2. The van der Waals surface area contributed by atoms with Crippen LogP contribution in [-0.2, 0) is 9.59 Å². The van der Waals surface area contributed by atoms with Gasteiger partial charge >= 0.3 is 11.9 Å². The van der Waals surface area contributed by atoms with Crippen molar-refractivity contribution in [2.75, 3.05) is 0 Å². The van der Waals surface area contributed by atoms with E-state index in [4.69, 9.17) is 9.47 Å². The van der Waals surface area contributed by atoms with Gasteiger partial charge in [-0.2, -0.15) is 0 Å². The van der Waals surface area contributed by atoms with Crippen LogP contribution in [0.15, 0.2) is 134 Å². The molecule has 8 heteroatoms. The molecule has 2 aromatic heterocycles. The first-order valence-electron chi connectivity index (χ1n) is 15.5. The van der Waals surface area contributed by atoms with Crippen molar-refractivity contribution >= 4 is 54.8 Å². The van der Waals surface area contributed by atoms with E-state index >= 15 is 0 Å². The third-order valence-electron chi connectivity index (χ3n) is 7.58. The first-order valence-corrected chi connectivity index (χ1v) is 17.2. The molecule has 0 saturated carbocycles. The number of ether oxygens (including phenoxy) is 2. The number of carboxylic acids is 2. The average molecular weight is 693 g/mol. The molecule has 0 fully saturated rings. The van der Waals surface area contributed by atoms with Crippen LogP contribution in [0.5, 0.6) is 11.5 Å². The summed E-state index contributed by atoms with van der Waals surface area (Å²) in [6.07, 6.45) is 3.74. The highest BCUT2D eigenvalue weighted by Crippen LogP contribution is 2.35. The second kappa shape index (κ2) is 17.8. The number of benzene rings is 4. The molecular weight excluding hydrogens is 653 g/mol. The topological polar surface area (TPSA) is 93.1 Å². The third-order valence-corrected chi connectivity index (χ3v) is 9.71. The molecule has 0 radical (unpaired) electrons. The molecule has 0 aliphatic rings. The molecule has 2 heterocycles. The number of fused-ring (bicyclic) bond motifs is 2. The van der Waals surface area contributed by atoms with Crippen molar-refractivity contribution in [2.24, 2.45) is 0 Å². The summed E-state index contributed by atoms with van der Waals surface area (Å²) in [7, 11) is 0. The van der Waals surface area contributed by atoms with E-state index in [0.717, 1.165) is 11.1 Å². The van der Waals surface area contributed by atoms with Crippen LogP contribution in [0.1, 0.15) is 33.1 Å². The molecule has 49 heavy (non-hydrogen) atoms. The maximum absolute atomic E-state index is 11.3. The zero-order chi connectivity index (χ0) is 33.9. The van der Waals surface area contributed by atoms with E-state index in [9.17, 15) is 19.8 Å². The number of rotatable bonds is 14. The molecule has 0 aliphatic carbocycles. The number of carbonyl (C=O) groups is 2. The highest BCUT2D eigenvalue weighted by atomic mass is 32.1. The van der Waals surface area contributed by atoms with Gasteiger partial charge in [0.25, 0.3) is 0 Å². The maximum Gasteiger partial charge on any atom is 0.344 e. The average Bonchev–Trinajstić information content (AvgIpc) is 3.74. The quantitative estimate of drug-likeness (QED) is 0.110. The van der Waals surface area contributed by atoms with Crippen LogP contribution < -0.4 is 9.47 Å². The fraction of sp³-hybridized carbons (Fsp3) is 0.171. The molecule has 6 nitrogen and oxygen atoms in total. The number of allylic oxidation sites excluding steroid dienone is 2. The Kier molecular flexibility index (Phi) is 13.3. The first-order chi connectivity index (χ1) is 23.4. The van der Waals surface area contributed by atoms with Gasteiger partial charge in [0, 0.05) is 25.2 Å². The predicted molar refractivity (Wildman–Crippen MR) is 204 cm³/mol. The third kappa shape index (κ3) is 9.69. The molecule has 4 aromatic carbocycles. The van der Waals surface area contributed by atoms with E-state index in [1.54, 1.807) is 34.8 Å². The Balaban J connectivity index is 0.000000216. The summed E-state index contributed by atoms with van der Waals surface area (Å²) < 4.78 is 13.7. The molecule has 6 aromatic rings. The van der Waals surface area contributed by atoms with Crippen molar-refractivity contribution in [3.8, 4) is 33.1 Å². The number of hydrogen-bond acceptors (Lipinski definition) is 6. The minimum absolute atomic E-state index is 0. The fourth-order valence-electron chi connectivity index (χ4n) is 5.07.